The number of carbonyl (C=O) groups excluding carboxylic acids is 2. The van der Waals surface area contributed by atoms with Crippen molar-refractivity contribution in [2.75, 3.05) is 20.3 Å². The first-order valence-electron chi connectivity index (χ1n) is 11.9. The highest BCUT2D eigenvalue weighted by Gasteiger charge is 2.48. The monoisotopic (exact) mass is 480 g/mol. The zero-order chi connectivity index (χ0) is 25.2. The van der Waals surface area contributed by atoms with Gasteiger partial charge in [-0.15, -0.1) is 0 Å². The molecule has 0 aromatic heterocycles. The van der Waals surface area contributed by atoms with Crippen LogP contribution in [0.15, 0.2) is 48.5 Å². The molecule has 2 aromatic rings. The quantitative estimate of drug-likeness (QED) is 0.531. The van der Waals surface area contributed by atoms with Crippen LogP contribution in [-0.4, -0.2) is 55.0 Å². The Morgan fingerprint density at radius 1 is 1.09 bits per heavy atom. The van der Waals surface area contributed by atoms with Crippen molar-refractivity contribution in [3.8, 4) is 11.1 Å². The maximum atomic E-state index is 13.2. The van der Waals surface area contributed by atoms with Gasteiger partial charge in [-0.2, -0.15) is 0 Å². The number of carbonyl (C=O) groups is 3. The minimum atomic E-state index is -1.43. The summed E-state index contributed by atoms with van der Waals surface area (Å²) in [7, 11) is 1.43. The van der Waals surface area contributed by atoms with Gasteiger partial charge in [0.15, 0.2) is 0 Å². The number of carboxylic acids is 1. The number of nitrogens with one attached hydrogen (secondary N) is 2. The molecule has 3 unspecified atom stereocenters. The van der Waals surface area contributed by atoms with Crippen LogP contribution in [0.1, 0.15) is 50.2 Å². The first-order valence-corrected chi connectivity index (χ1v) is 11.9. The van der Waals surface area contributed by atoms with Gasteiger partial charge in [0.05, 0.1) is 12.0 Å². The van der Waals surface area contributed by atoms with Crippen LogP contribution in [0.5, 0.6) is 0 Å². The van der Waals surface area contributed by atoms with Gasteiger partial charge in [-0.1, -0.05) is 55.0 Å². The molecule has 2 aliphatic carbocycles. The molecule has 4 rings (SSSR count). The number of rotatable bonds is 8. The Labute approximate surface area is 205 Å². The van der Waals surface area contributed by atoms with E-state index < -0.39 is 35.0 Å². The third kappa shape index (κ3) is 4.62. The average molecular weight is 481 g/mol. The number of carboxylic acid groups (broad SMARTS) is 1. The molecule has 0 aliphatic heterocycles. The number of methoxy groups -OCH3 is 1. The van der Waals surface area contributed by atoms with E-state index in [0.717, 1.165) is 22.3 Å². The van der Waals surface area contributed by atoms with Crippen LogP contribution in [0.4, 0.5) is 4.79 Å². The third-order valence-electron chi connectivity index (χ3n) is 7.41. The van der Waals surface area contributed by atoms with Gasteiger partial charge in [-0.25, -0.2) is 4.79 Å². The van der Waals surface area contributed by atoms with Crippen molar-refractivity contribution in [1.29, 1.82) is 0 Å². The molecule has 2 aromatic carbocycles. The summed E-state index contributed by atoms with van der Waals surface area (Å²) in [6, 6.07) is 15.5. The van der Waals surface area contributed by atoms with Crippen LogP contribution in [0.2, 0.25) is 0 Å². The van der Waals surface area contributed by atoms with Crippen LogP contribution in [-0.2, 0) is 19.1 Å². The largest absolute Gasteiger partial charge is 0.481 e. The molecule has 0 spiro atoms. The van der Waals surface area contributed by atoms with Gasteiger partial charge in [0.25, 0.3) is 0 Å². The molecule has 1 saturated carbocycles. The molecular weight excluding hydrogens is 448 g/mol. The van der Waals surface area contributed by atoms with E-state index in [1.807, 2.05) is 36.4 Å². The fraction of sp³-hybridized carbons (Fsp3) is 0.444. The highest BCUT2D eigenvalue weighted by Crippen LogP contribution is 2.44. The molecule has 2 amide bonds. The van der Waals surface area contributed by atoms with E-state index in [0.29, 0.717) is 19.3 Å². The second-order valence-electron chi connectivity index (χ2n) is 9.86. The predicted octanol–water partition coefficient (Wildman–Crippen LogP) is 3.69. The van der Waals surface area contributed by atoms with E-state index in [9.17, 15) is 19.5 Å². The number of fused-ring (bicyclic) bond motifs is 3. The van der Waals surface area contributed by atoms with Gasteiger partial charge < -0.3 is 25.2 Å². The van der Waals surface area contributed by atoms with Crippen molar-refractivity contribution in [3.05, 3.63) is 59.7 Å². The van der Waals surface area contributed by atoms with Gasteiger partial charge in [-0.3, -0.25) is 9.59 Å². The standard InChI is InChI=1S/C27H32N2O6/c1-26(24(31)32)14-8-13-22(26)28-23(30)27(2,16-34-3)29-25(33)35-15-21-19-11-6-4-9-17(19)18-10-5-7-12-20(18)21/h4-7,9-12,21-22H,8,13-16H2,1-3H3,(H,28,30)(H,29,33)(H,31,32). The molecule has 0 saturated heterocycles. The van der Waals surface area contributed by atoms with Gasteiger partial charge in [0.1, 0.15) is 12.1 Å². The Balaban J connectivity index is 1.44. The van der Waals surface area contributed by atoms with Crippen LogP contribution in [0.25, 0.3) is 11.1 Å². The summed E-state index contributed by atoms with van der Waals surface area (Å²) in [5.41, 5.74) is 1.95. The number of alkyl carbamates (subject to hydrolysis) is 1. The molecule has 35 heavy (non-hydrogen) atoms. The molecule has 8 nitrogen and oxygen atoms in total. The topological polar surface area (TPSA) is 114 Å². The summed E-state index contributed by atoms with van der Waals surface area (Å²) in [6.07, 6.45) is 1.000. The Morgan fingerprint density at radius 2 is 1.69 bits per heavy atom. The lowest BCUT2D eigenvalue weighted by Crippen LogP contribution is -2.62. The number of amides is 2. The van der Waals surface area contributed by atoms with Crippen molar-refractivity contribution in [2.45, 2.75) is 50.6 Å². The molecule has 3 N–H and O–H groups in total. The van der Waals surface area contributed by atoms with Gasteiger partial charge in [0.2, 0.25) is 5.91 Å². The number of benzene rings is 2. The third-order valence-corrected chi connectivity index (χ3v) is 7.41. The van der Waals surface area contributed by atoms with Crippen molar-refractivity contribution in [3.63, 3.8) is 0 Å². The SMILES string of the molecule is COCC(C)(NC(=O)OCC1c2ccccc2-c2ccccc21)C(=O)NC1CCCC1(C)C(=O)O. The first-order chi connectivity index (χ1) is 16.7. The number of ether oxygens (including phenoxy) is 2. The van der Waals surface area contributed by atoms with Crippen molar-refractivity contribution in [1.82, 2.24) is 10.6 Å². The molecule has 0 radical (unpaired) electrons. The van der Waals surface area contributed by atoms with Crippen LogP contribution >= 0.6 is 0 Å². The summed E-state index contributed by atoms with van der Waals surface area (Å²) in [5, 5.41) is 15.1. The van der Waals surface area contributed by atoms with E-state index in [-0.39, 0.29) is 19.1 Å². The number of aliphatic carboxylic acids is 1. The van der Waals surface area contributed by atoms with Crippen LogP contribution in [0.3, 0.4) is 0 Å². The number of hydrogen-bond acceptors (Lipinski definition) is 5. The summed E-state index contributed by atoms with van der Waals surface area (Å²) in [4.78, 5) is 37.8. The van der Waals surface area contributed by atoms with E-state index >= 15 is 0 Å². The van der Waals surface area contributed by atoms with Gasteiger partial charge in [-0.05, 0) is 48.9 Å². The molecule has 0 bridgehead atoms. The van der Waals surface area contributed by atoms with E-state index in [2.05, 4.69) is 22.8 Å². The minimum absolute atomic E-state index is 0.0977. The second-order valence-corrected chi connectivity index (χ2v) is 9.86. The van der Waals surface area contributed by atoms with Crippen LogP contribution < -0.4 is 10.6 Å². The Kier molecular flexibility index (Phi) is 6.85. The van der Waals surface area contributed by atoms with Gasteiger partial charge in [0, 0.05) is 19.1 Å². The van der Waals surface area contributed by atoms with E-state index in [4.69, 9.17) is 9.47 Å². The maximum absolute atomic E-state index is 13.2. The molecule has 186 valence electrons. The van der Waals surface area contributed by atoms with Crippen molar-refractivity contribution >= 4 is 18.0 Å². The normalized spacial score (nSPS) is 22.5. The van der Waals surface area contributed by atoms with Crippen molar-refractivity contribution in [2.24, 2.45) is 5.41 Å². The molecule has 3 atom stereocenters. The molecular formula is C27H32N2O6. The molecule has 1 fully saturated rings. The average Bonchev–Trinajstić information content (AvgIpc) is 3.36. The summed E-state index contributed by atoms with van der Waals surface area (Å²) in [6.45, 7) is 3.20. The van der Waals surface area contributed by atoms with Crippen molar-refractivity contribution < 1.29 is 29.0 Å². The zero-order valence-electron chi connectivity index (χ0n) is 20.3. The summed E-state index contributed by atoms with van der Waals surface area (Å²) in [5.74, 6) is -1.56. The lowest BCUT2D eigenvalue weighted by atomic mass is 9.84. The molecule has 2 aliphatic rings. The maximum Gasteiger partial charge on any atom is 0.408 e. The van der Waals surface area contributed by atoms with E-state index in [1.54, 1.807) is 13.8 Å². The van der Waals surface area contributed by atoms with Gasteiger partial charge >= 0.3 is 12.1 Å². The second kappa shape index (κ2) is 9.70. The number of hydrogen-bond donors (Lipinski definition) is 3. The van der Waals surface area contributed by atoms with Crippen LogP contribution in [0, 0.1) is 5.41 Å². The fourth-order valence-electron chi connectivity index (χ4n) is 5.28. The zero-order valence-corrected chi connectivity index (χ0v) is 20.3. The Bertz CT molecular complexity index is 1090. The molecule has 8 heteroatoms. The minimum Gasteiger partial charge on any atom is -0.481 e. The first kappa shape index (κ1) is 24.7. The predicted molar refractivity (Wildman–Crippen MR) is 130 cm³/mol. The summed E-state index contributed by atoms with van der Waals surface area (Å²) >= 11 is 0. The lowest BCUT2D eigenvalue weighted by molar-refractivity contribution is -0.149. The Morgan fingerprint density at radius 3 is 2.26 bits per heavy atom. The highest BCUT2D eigenvalue weighted by molar-refractivity contribution is 5.90. The smallest absolute Gasteiger partial charge is 0.408 e. The summed E-state index contributed by atoms with van der Waals surface area (Å²) < 4.78 is 10.8. The fourth-order valence-corrected chi connectivity index (χ4v) is 5.28. The molecule has 0 heterocycles. The van der Waals surface area contributed by atoms with E-state index in [1.165, 1.54) is 7.11 Å². The lowest BCUT2D eigenvalue weighted by Gasteiger charge is -2.33. The highest BCUT2D eigenvalue weighted by atomic mass is 16.5. The Hall–Kier alpha value is -3.39.